The van der Waals surface area contributed by atoms with Crippen molar-refractivity contribution in [3.8, 4) is 0 Å². The molecule has 0 saturated carbocycles. The van der Waals surface area contributed by atoms with E-state index in [0.717, 1.165) is 114 Å². The molecule has 0 aliphatic heterocycles. The maximum Gasteiger partial charge on any atom is 0.472 e. The molecule has 0 heterocycles. The van der Waals surface area contributed by atoms with Crippen molar-refractivity contribution in [2.24, 2.45) is 23.7 Å². The average molecular weight is 1410 g/mol. The van der Waals surface area contributed by atoms with Gasteiger partial charge in [0.1, 0.15) is 19.3 Å². The number of hydrogen-bond acceptors (Lipinski definition) is 15. The number of phosphoric acid groups is 2. The van der Waals surface area contributed by atoms with E-state index in [4.69, 9.17) is 37.0 Å². The van der Waals surface area contributed by atoms with E-state index in [0.29, 0.717) is 31.6 Å². The minimum atomic E-state index is -4.96. The summed E-state index contributed by atoms with van der Waals surface area (Å²) in [5, 5.41) is 10.6. The van der Waals surface area contributed by atoms with E-state index in [9.17, 15) is 43.2 Å². The van der Waals surface area contributed by atoms with E-state index < -0.39 is 97.5 Å². The Hall–Kier alpha value is -1.94. The van der Waals surface area contributed by atoms with E-state index >= 15 is 0 Å². The normalized spacial score (nSPS) is 14.7. The SMILES string of the molecule is CCC(C)CCCCCCCCCCCCCCCCCCCCC(=O)OC[C@H](COP(=O)(O)OCC(O)COP(=O)(O)OC[C@@H](COC(=O)CCCCCCCCCC(C)C)OC(=O)CCCCCCCCC(C)CC)OC(=O)CCCCCCCCCCCCCC(C)C. The van der Waals surface area contributed by atoms with Crippen molar-refractivity contribution in [3.05, 3.63) is 0 Å². The Morgan fingerprint density at radius 1 is 0.292 bits per heavy atom. The summed E-state index contributed by atoms with van der Waals surface area (Å²) >= 11 is 0. The van der Waals surface area contributed by atoms with Crippen molar-refractivity contribution < 1.29 is 80.2 Å². The Morgan fingerprint density at radius 3 is 0.740 bits per heavy atom. The zero-order valence-electron chi connectivity index (χ0n) is 63.0. The molecule has 3 N–H and O–H groups in total. The minimum Gasteiger partial charge on any atom is -0.462 e. The average Bonchev–Trinajstić information content (AvgIpc) is 1.55. The van der Waals surface area contributed by atoms with Crippen LogP contribution >= 0.6 is 15.6 Å². The highest BCUT2D eigenvalue weighted by molar-refractivity contribution is 7.47. The Morgan fingerprint density at radius 2 is 0.500 bits per heavy atom. The van der Waals surface area contributed by atoms with E-state index in [1.807, 2.05) is 0 Å². The van der Waals surface area contributed by atoms with Gasteiger partial charge < -0.3 is 33.8 Å². The Labute approximate surface area is 588 Å². The van der Waals surface area contributed by atoms with Gasteiger partial charge in [-0.15, -0.1) is 0 Å². The van der Waals surface area contributed by atoms with Crippen molar-refractivity contribution in [1.82, 2.24) is 0 Å². The number of aliphatic hydroxyl groups is 1. The molecular formula is C77H150O17P2. The summed E-state index contributed by atoms with van der Waals surface area (Å²) in [6, 6.07) is 0. The minimum absolute atomic E-state index is 0.102. The third kappa shape index (κ3) is 67.9. The lowest BCUT2D eigenvalue weighted by Crippen LogP contribution is -2.30. The number of phosphoric ester groups is 2. The van der Waals surface area contributed by atoms with E-state index in [-0.39, 0.29) is 25.7 Å². The number of aliphatic hydroxyl groups excluding tert-OH is 1. The van der Waals surface area contributed by atoms with Crippen LogP contribution in [0.5, 0.6) is 0 Å². The van der Waals surface area contributed by atoms with Crippen LogP contribution in [0, 0.1) is 23.7 Å². The molecule has 0 aromatic rings. The Kier molecular flexibility index (Phi) is 65.0. The Balaban J connectivity index is 5.17. The van der Waals surface area contributed by atoms with Crippen molar-refractivity contribution in [2.75, 3.05) is 39.6 Å². The fourth-order valence-corrected chi connectivity index (χ4v) is 13.2. The lowest BCUT2D eigenvalue weighted by atomic mass is 9.99. The summed E-state index contributed by atoms with van der Waals surface area (Å²) in [6.07, 6.45) is 51.6. The van der Waals surface area contributed by atoms with Crippen molar-refractivity contribution >= 4 is 39.5 Å². The van der Waals surface area contributed by atoms with Crippen LogP contribution < -0.4 is 0 Å². The first-order valence-electron chi connectivity index (χ1n) is 39.8. The van der Waals surface area contributed by atoms with Crippen LogP contribution in [0.3, 0.4) is 0 Å². The molecule has 19 heteroatoms. The van der Waals surface area contributed by atoms with Gasteiger partial charge in [-0.05, 0) is 49.4 Å². The number of rotatable bonds is 74. The highest BCUT2D eigenvalue weighted by Crippen LogP contribution is 2.45. The molecule has 0 fully saturated rings. The monoisotopic (exact) mass is 1410 g/mol. The molecule has 0 aromatic carbocycles. The predicted molar refractivity (Wildman–Crippen MR) is 391 cm³/mol. The Bertz CT molecular complexity index is 1890. The van der Waals surface area contributed by atoms with Crippen LogP contribution in [-0.4, -0.2) is 96.7 Å². The first-order valence-corrected chi connectivity index (χ1v) is 42.8. The summed E-state index contributed by atoms with van der Waals surface area (Å²) in [4.78, 5) is 72.7. The second-order valence-corrected chi connectivity index (χ2v) is 32.1. The molecule has 0 aromatic heterocycles. The number of hydrogen-bond donors (Lipinski definition) is 3. The molecule has 0 amide bonds. The molecule has 17 nitrogen and oxygen atoms in total. The van der Waals surface area contributed by atoms with Gasteiger partial charge in [-0.2, -0.15) is 0 Å². The van der Waals surface area contributed by atoms with Gasteiger partial charge in [-0.3, -0.25) is 37.3 Å². The van der Waals surface area contributed by atoms with Gasteiger partial charge in [0.25, 0.3) is 0 Å². The maximum atomic E-state index is 13.1. The van der Waals surface area contributed by atoms with Crippen molar-refractivity contribution in [3.63, 3.8) is 0 Å². The highest BCUT2D eigenvalue weighted by atomic mass is 31.2. The van der Waals surface area contributed by atoms with Crippen LogP contribution in [0.1, 0.15) is 389 Å². The zero-order valence-corrected chi connectivity index (χ0v) is 64.8. The van der Waals surface area contributed by atoms with Crippen LogP contribution in [0.2, 0.25) is 0 Å². The van der Waals surface area contributed by atoms with Crippen LogP contribution in [0.15, 0.2) is 0 Å². The predicted octanol–water partition coefficient (Wildman–Crippen LogP) is 22.4. The molecule has 0 rings (SSSR count). The van der Waals surface area contributed by atoms with E-state index in [2.05, 4.69) is 55.4 Å². The molecule has 0 aliphatic carbocycles. The number of unbranched alkanes of at least 4 members (excludes halogenated alkanes) is 38. The molecule has 0 radical (unpaired) electrons. The summed E-state index contributed by atoms with van der Waals surface area (Å²) in [7, 11) is -9.91. The fraction of sp³-hybridized carbons (Fsp3) is 0.948. The van der Waals surface area contributed by atoms with Gasteiger partial charge in [0.05, 0.1) is 26.4 Å². The quantitative estimate of drug-likeness (QED) is 0.0222. The fourth-order valence-electron chi connectivity index (χ4n) is 11.7. The molecule has 7 atom stereocenters. The maximum absolute atomic E-state index is 13.1. The standard InChI is InChI=1S/C77H150O17P2/c1-9-69(7)55-47-39-31-25-21-17-15-13-11-12-14-16-18-22-26-32-41-49-57-74(79)87-63-72(93-76(81)59-51-43-33-27-23-19-20-24-29-37-45-53-67(3)4)65-91-95(83,84)89-61-71(78)62-90-96(85,86)92-66-73(94-77(82)60-52-44-36-35-40-48-56-70(8)10-2)64-88-75(80)58-50-42-34-28-30-38-46-54-68(5)6/h67-73,78H,9-66H2,1-8H3,(H,83,84)(H,85,86)/t69?,70?,71?,72-,73-/m1/s1. The van der Waals surface area contributed by atoms with Crippen LogP contribution in [-0.2, 0) is 65.4 Å². The van der Waals surface area contributed by atoms with E-state index in [1.54, 1.807) is 0 Å². The largest absolute Gasteiger partial charge is 0.472 e. The summed E-state index contributed by atoms with van der Waals surface area (Å²) in [6.45, 7) is 14.2. The van der Waals surface area contributed by atoms with Crippen molar-refractivity contribution in [2.45, 2.75) is 408 Å². The number of carbonyl (C=O) groups excluding carboxylic acids is 4. The smallest absolute Gasteiger partial charge is 0.462 e. The van der Waals surface area contributed by atoms with Crippen molar-refractivity contribution in [1.29, 1.82) is 0 Å². The first-order chi connectivity index (χ1) is 46.2. The second kappa shape index (κ2) is 66.3. The molecule has 570 valence electrons. The van der Waals surface area contributed by atoms with Gasteiger partial charge in [0.15, 0.2) is 12.2 Å². The molecule has 0 aliphatic rings. The molecular weight excluding hydrogens is 1260 g/mol. The molecule has 0 bridgehead atoms. The number of carbonyl (C=O) groups is 4. The van der Waals surface area contributed by atoms with Gasteiger partial charge >= 0.3 is 39.5 Å². The zero-order chi connectivity index (χ0) is 71.0. The first kappa shape index (κ1) is 94.1. The lowest BCUT2D eigenvalue weighted by Gasteiger charge is -2.21. The van der Waals surface area contributed by atoms with Crippen LogP contribution in [0.4, 0.5) is 0 Å². The van der Waals surface area contributed by atoms with Gasteiger partial charge in [-0.1, -0.05) is 338 Å². The van der Waals surface area contributed by atoms with E-state index in [1.165, 1.54) is 186 Å². The number of esters is 4. The molecule has 0 spiro atoms. The number of ether oxygens (including phenoxy) is 4. The topological polar surface area (TPSA) is 237 Å². The van der Waals surface area contributed by atoms with Gasteiger partial charge in [0.2, 0.25) is 0 Å². The van der Waals surface area contributed by atoms with Gasteiger partial charge in [0, 0.05) is 25.7 Å². The molecule has 96 heavy (non-hydrogen) atoms. The second-order valence-electron chi connectivity index (χ2n) is 29.2. The van der Waals surface area contributed by atoms with Gasteiger partial charge in [-0.25, -0.2) is 9.13 Å². The highest BCUT2D eigenvalue weighted by Gasteiger charge is 2.30. The summed E-state index contributed by atoms with van der Waals surface area (Å²) in [5.41, 5.74) is 0. The van der Waals surface area contributed by atoms with Crippen LogP contribution in [0.25, 0.3) is 0 Å². The molecule has 5 unspecified atom stereocenters. The summed E-state index contributed by atoms with van der Waals surface area (Å²) < 4.78 is 68.5. The lowest BCUT2D eigenvalue weighted by molar-refractivity contribution is -0.161. The third-order valence-electron chi connectivity index (χ3n) is 18.5. The third-order valence-corrected chi connectivity index (χ3v) is 20.4. The molecule has 0 saturated heterocycles. The summed E-state index contributed by atoms with van der Waals surface area (Å²) in [5.74, 6) is 0.939.